The molecule has 0 aliphatic carbocycles. The SMILES string of the molecule is Cc1ccc(SC=CC(=Nc2ccccc2)SCc2ccccc2)c(C)c1. The van der Waals surface area contributed by atoms with E-state index in [0.717, 1.165) is 16.5 Å². The lowest BCUT2D eigenvalue weighted by molar-refractivity contribution is 1.27. The van der Waals surface area contributed by atoms with Crippen LogP contribution >= 0.6 is 23.5 Å². The molecule has 0 saturated heterocycles. The van der Waals surface area contributed by atoms with Crippen LogP contribution in [0.1, 0.15) is 16.7 Å². The lowest BCUT2D eigenvalue weighted by Crippen LogP contribution is -1.89. The fourth-order valence-electron chi connectivity index (χ4n) is 2.58. The van der Waals surface area contributed by atoms with Crippen LogP contribution in [0.4, 0.5) is 5.69 Å². The van der Waals surface area contributed by atoms with E-state index in [0.29, 0.717) is 0 Å². The van der Waals surface area contributed by atoms with Gasteiger partial charge in [-0.05, 0) is 54.7 Å². The second-order valence-electron chi connectivity index (χ2n) is 6.25. The predicted molar refractivity (Wildman–Crippen MR) is 122 cm³/mol. The zero-order chi connectivity index (χ0) is 18.9. The molecule has 0 bridgehead atoms. The average molecular weight is 390 g/mol. The molecule has 0 N–H and O–H groups in total. The van der Waals surface area contributed by atoms with Crippen LogP contribution in [0.5, 0.6) is 0 Å². The minimum Gasteiger partial charge on any atom is -0.242 e. The maximum absolute atomic E-state index is 4.82. The zero-order valence-corrected chi connectivity index (χ0v) is 17.3. The van der Waals surface area contributed by atoms with Crippen LogP contribution in [0.25, 0.3) is 0 Å². The van der Waals surface area contributed by atoms with Gasteiger partial charge < -0.3 is 0 Å². The Morgan fingerprint density at radius 1 is 0.889 bits per heavy atom. The molecule has 3 heteroatoms. The molecule has 0 aliphatic heterocycles. The van der Waals surface area contributed by atoms with Crippen molar-refractivity contribution in [1.82, 2.24) is 0 Å². The minimum atomic E-state index is 0.908. The van der Waals surface area contributed by atoms with Crippen molar-refractivity contribution in [2.75, 3.05) is 0 Å². The summed E-state index contributed by atoms with van der Waals surface area (Å²) in [6.45, 7) is 4.29. The number of aryl methyl sites for hydroxylation is 2. The molecule has 0 spiro atoms. The molecule has 27 heavy (non-hydrogen) atoms. The summed E-state index contributed by atoms with van der Waals surface area (Å²) in [5.74, 6) is 0.908. The summed E-state index contributed by atoms with van der Waals surface area (Å²) in [5, 5.41) is 3.15. The van der Waals surface area contributed by atoms with Crippen LogP contribution in [-0.4, -0.2) is 5.04 Å². The van der Waals surface area contributed by atoms with Crippen LogP contribution in [0, 0.1) is 13.8 Å². The van der Waals surface area contributed by atoms with Gasteiger partial charge in [0.05, 0.1) is 10.7 Å². The number of benzene rings is 3. The van der Waals surface area contributed by atoms with Gasteiger partial charge in [0.15, 0.2) is 0 Å². The molecule has 0 aromatic heterocycles. The third kappa shape index (κ3) is 6.46. The van der Waals surface area contributed by atoms with Crippen molar-refractivity contribution >= 4 is 34.3 Å². The molecular weight excluding hydrogens is 366 g/mol. The fraction of sp³-hybridized carbons (Fsp3) is 0.125. The molecule has 0 fully saturated rings. The number of rotatable bonds is 6. The molecule has 0 saturated carbocycles. The molecule has 0 unspecified atom stereocenters. The fourth-order valence-corrected chi connectivity index (χ4v) is 4.24. The van der Waals surface area contributed by atoms with Gasteiger partial charge in [0.1, 0.15) is 0 Å². The van der Waals surface area contributed by atoms with Gasteiger partial charge in [-0.1, -0.05) is 78.0 Å². The third-order valence-electron chi connectivity index (χ3n) is 3.96. The lowest BCUT2D eigenvalue weighted by Gasteiger charge is -2.05. The Hall–Kier alpha value is -2.23. The van der Waals surface area contributed by atoms with Crippen molar-refractivity contribution in [3.63, 3.8) is 0 Å². The number of para-hydroxylation sites is 1. The van der Waals surface area contributed by atoms with Gasteiger partial charge in [-0.15, -0.1) is 11.8 Å². The summed E-state index contributed by atoms with van der Waals surface area (Å²) in [6, 6.07) is 27.2. The van der Waals surface area contributed by atoms with Gasteiger partial charge in [-0.2, -0.15) is 0 Å². The Labute approximate surface area is 170 Å². The van der Waals surface area contributed by atoms with Crippen LogP contribution < -0.4 is 0 Å². The first-order valence-electron chi connectivity index (χ1n) is 8.91. The van der Waals surface area contributed by atoms with E-state index in [9.17, 15) is 0 Å². The zero-order valence-electron chi connectivity index (χ0n) is 15.6. The summed E-state index contributed by atoms with van der Waals surface area (Å²) in [4.78, 5) is 6.10. The monoisotopic (exact) mass is 389 g/mol. The molecule has 0 amide bonds. The Kier molecular flexibility index (Phi) is 7.37. The predicted octanol–water partition coefficient (Wildman–Crippen LogP) is 7.57. The number of hydrogen-bond donors (Lipinski definition) is 0. The van der Waals surface area contributed by atoms with Gasteiger partial charge in [0.2, 0.25) is 0 Å². The van der Waals surface area contributed by atoms with Crippen LogP contribution in [-0.2, 0) is 5.75 Å². The standard InChI is InChI=1S/C24H23NS2/c1-19-13-14-23(20(2)17-19)26-16-15-24(25-22-11-7-4-8-12-22)27-18-21-9-5-3-6-10-21/h3-17H,18H2,1-2H3. The quantitative estimate of drug-likeness (QED) is 0.245. The highest BCUT2D eigenvalue weighted by molar-refractivity contribution is 8.13. The van der Waals surface area contributed by atoms with Gasteiger partial charge in [-0.3, -0.25) is 0 Å². The van der Waals surface area contributed by atoms with Crippen molar-refractivity contribution in [3.05, 3.63) is 107 Å². The van der Waals surface area contributed by atoms with E-state index in [4.69, 9.17) is 4.99 Å². The van der Waals surface area contributed by atoms with E-state index in [2.05, 4.69) is 67.8 Å². The highest BCUT2D eigenvalue weighted by Gasteiger charge is 2.01. The van der Waals surface area contributed by atoms with E-state index >= 15 is 0 Å². The number of aliphatic imine (C=N–C) groups is 1. The van der Waals surface area contributed by atoms with E-state index in [1.54, 1.807) is 23.5 Å². The molecule has 0 atom stereocenters. The van der Waals surface area contributed by atoms with Crippen molar-refractivity contribution in [1.29, 1.82) is 0 Å². The molecule has 0 heterocycles. The topological polar surface area (TPSA) is 12.4 Å². The van der Waals surface area contributed by atoms with Gasteiger partial charge in [0, 0.05) is 10.6 Å². The molecule has 1 nitrogen and oxygen atoms in total. The van der Waals surface area contributed by atoms with Crippen LogP contribution in [0.3, 0.4) is 0 Å². The molecule has 3 aromatic rings. The molecule has 0 radical (unpaired) electrons. The van der Waals surface area contributed by atoms with Gasteiger partial charge in [0.25, 0.3) is 0 Å². The first-order chi connectivity index (χ1) is 13.2. The van der Waals surface area contributed by atoms with Crippen molar-refractivity contribution in [3.8, 4) is 0 Å². The van der Waals surface area contributed by atoms with E-state index in [1.807, 2.05) is 36.4 Å². The van der Waals surface area contributed by atoms with E-state index in [-0.39, 0.29) is 0 Å². The molecular formula is C24H23NS2. The molecule has 3 aromatic carbocycles. The normalized spacial score (nSPS) is 11.9. The van der Waals surface area contributed by atoms with Gasteiger partial charge >= 0.3 is 0 Å². The lowest BCUT2D eigenvalue weighted by atomic mass is 10.2. The largest absolute Gasteiger partial charge is 0.242 e. The Morgan fingerprint density at radius 3 is 2.30 bits per heavy atom. The molecule has 3 rings (SSSR count). The summed E-state index contributed by atoms with van der Waals surface area (Å²) in [6.07, 6.45) is 2.12. The summed E-state index contributed by atoms with van der Waals surface area (Å²) in [7, 11) is 0. The van der Waals surface area contributed by atoms with Crippen LogP contribution in [0.2, 0.25) is 0 Å². The highest BCUT2D eigenvalue weighted by Crippen LogP contribution is 2.26. The smallest absolute Gasteiger partial charge is 0.0975 e. The Balaban J connectivity index is 1.73. The third-order valence-corrected chi connectivity index (χ3v) is 5.95. The molecule has 136 valence electrons. The maximum atomic E-state index is 4.82. The number of nitrogens with zero attached hydrogens (tertiary/aromatic N) is 1. The number of hydrogen-bond acceptors (Lipinski definition) is 3. The van der Waals surface area contributed by atoms with E-state index < -0.39 is 0 Å². The van der Waals surface area contributed by atoms with Gasteiger partial charge in [-0.25, -0.2) is 4.99 Å². The molecule has 0 aliphatic rings. The maximum Gasteiger partial charge on any atom is 0.0975 e. The average Bonchev–Trinajstić information content (AvgIpc) is 2.69. The summed E-state index contributed by atoms with van der Waals surface area (Å²) < 4.78 is 0. The van der Waals surface area contributed by atoms with Crippen molar-refractivity contribution in [2.45, 2.75) is 24.5 Å². The summed E-state index contributed by atoms with van der Waals surface area (Å²) in [5.41, 5.74) is 4.89. The minimum absolute atomic E-state index is 0.908. The summed E-state index contributed by atoms with van der Waals surface area (Å²) >= 11 is 3.50. The van der Waals surface area contributed by atoms with E-state index in [1.165, 1.54) is 21.6 Å². The first kappa shape index (κ1) is 19.5. The second-order valence-corrected chi connectivity index (χ2v) is 8.19. The van der Waals surface area contributed by atoms with Crippen LogP contribution in [0.15, 0.2) is 100 Å². The van der Waals surface area contributed by atoms with Crippen molar-refractivity contribution < 1.29 is 0 Å². The van der Waals surface area contributed by atoms with Crippen molar-refractivity contribution in [2.24, 2.45) is 4.99 Å². The second kappa shape index (κ2) is 10.2. The number of thioether (sulfide) groups is 2. The Morgan fingerprint density at radius 2 is 1.59 bits per heavy atom. The first-order valence-corrected chi connectivity index (χ1v) is 10.8. The highest BCUT2D eigenvalue weighted by atomic mass is 32.2. The Bertz CT molecular complexity index is 916.